The standard InChI is InChI=1S/C16H18N/c1-17(16-12-6-3-7-13-16)14-8-11-15-9-4-2-5-10-15/h2-10,12-13H,11,14H2,1H3. The molecule has 2 rings (SSSR count). The number of hydrogen-bond acceptors (Lipinski definition) is 1. The number of para-hydroxylation sites is 1. The van der Waals surface area contributed by atoms with Crippen molar-refractivity contribution in [3.05, 3.63) is 72.6 Å². The van der Waals surface area contributed by atoms with E-state index in [4.69, 9.17) is 0 Å². The van der Waals surface area contributed by atoms with E-state index in [1.54, 1.807) is 0 Å². The molecule has 0 aromatic heterocycles. The molecule has 1 nitrogen and oxygen atoms in total. The molecule has 0 N–H and O–H groups in total. The lowest BCUT2D eigenvalue weighted by molar-refractivity contribution is 0.936. The molecule has 2 aromatic carbocycles. The van der Waals surface area contributed by atoms with Crippen molar-refractivity contribution in [2.45, 2.75) is 6.42 Å². The van der Waals surface area contributed by atoms with Gasteiger partial charge in [-0.25, -0.2) is 0 Å². The molecule has 17 heavy (non-hydrogen) atoms. The topological polar surface area (TPSA) is 3.24 Å². The molecule has 87 valence electrons. The van der Waals surface area contributed by atoms with Crippen LogP contribution in [0, 0.1) is 6.42 Å². The summed E-state index contributed by atoms with van der Waals surface area (Å²) in [6.07, 6.45) is 3.33. The lowest BCUT2D eigenvalue weighted by atomic mass is 10.1. The molecule has 0 heterocycles. The van der Waals surface area contributed by atoms with Gasteiger partial charge in [0.15, 0.2) is 0 Å². The molecular formula is C16H18N. The van der Waals surface area contributed by atoms with Crippen LogP contribution in [0.2, 0.25) is 0 Å². The van der Waals surface area contributed by atoms with Crippen LogP contribution >= 0.6 is 0 Å². The summed E-state index contributed by atoms with van der Waals surface area (Å²) in [4.78, 5) is 2.25. The molecule has 0 atom stereocenters. The van der Waals surface area contributed by atoms with Crippen LogP contribution in [0.1, 0.15) is 5.56 Å². The molecule has 0 bridgehead atoms. The Balaban J connectivity index is 1.79. The summed E-state index contributed by atoms with van der Waals surface area (Å²) in [5, 5.41) is 0. The SMILES string of the molecule is CN(C[CH]Cc1ccccc1)c1ccccc1. The van der Waals surface area contributed by atoms with Gasteiger partial charge in [0.05, 0.1) is 0 Å². The Labute approximate surface area is 104 Å². The van der Waals surface area contributed by atoms with Gasteiger partial charge < -0.3 is 4.90 Å². The van der Waals surface area contributed by atoms with E-state index in [9.17, 15) is 0 Å². The second-order valence-electron chi connectivity index (χ2n) is 4.19. The smallest absolute Gasteiger partial charge is 0.0363 e. The summed E-state index contributed by atoms with van der Waals surface area (Å²) in [6, 6.07) is 21.0. The summed E-state index contributed by atoms with van der Waals surface area (Å²) < 4.78 is 0. The molecule has 0 saturated heterocycles. The van der Waals surface area contributed by atoms with Crippen LogP contribution in [-0.2, 0) is 6.42 Å². The quantitative estimate of drug-likeness (QED) is 0.750. The van der Waals surface area contributed by atoms with E-state index in [2.05, 4.69) is 73.0 Å². The fraction of sp³-hybridized carbons (Fsp3) is 0.188. The van der Waals surface area contributed by atoms with Crippen molar-refractivity contribution < 1.29 is 0 Å². The maximum atomic E-state index is 2.31. The van der Waals surface area contributed by atoms with Crippen LogP contribution in [0.3, 0.4) is 0 Å². The van der Waals surface area contributed by atoms with Gasteiger partial charge in [-0.1, -0.05) is 48.5 Å². The monoisotopic (exact) mass is 224 g/mol. The molecule has 1 heteroatoms. The molecule has 0 unspecified atom stereocenters. The summed E-state index contributed by atoms with van der Waals surface area (Å²) in [7, 11) is 2.12. The van der Waals surface area contributed by atoms with Crippen LogP contribution in [0.15, 0.2) is 60.7 Å². The van der Waals surface area contributed by atoms with Gasteiger partial charge in [-0.3, -0.25) is 0 Å². The molecule has 0 amide bonds. The van der Waals surface area contributed by atoms with Crippen molar-refractivity contribution in [1.29, 1.82) is 0 Å². The highest BCUT2D eigenvalue weighted by atomic mass is 15.1. The number of anilines is 1. The average Bonchev–Trinajstić information content (AvgIpc) is 2.41. The average molecular weight is 224 g/mol. The minimum absolute atomic E-state index is 0.971. The molecular weight excluding hydrogens is 206 g/mol. The number of nitrogens with zero attached hydrogens (tertiary/aromatic N) is 1. The van der Waals surface area contributed by atoms with E-state index in [0.29, 0.717) is 0 Å². The zero-order chi connectivity index (χ0) is 11.9. The minimum Gasteiger partial charge on any atom is -0.374 e. The molecule has 0 spiro atoms. The van der Waals surface area contributed by atoms with Crippen molar-refractivity contribution in [3.8, 4) is 0 Å². The van der Waals surface area contributed by atoms with Crippen LogP contribution in [-0.4, -0.2) is 13.6 Å². The molecule has 0 saturated carbocycles. The van der Waals surface area contributed by atoms with Gasteiger partial charge in [0.25, 0.3) is 0 Å². The van der Waals surface area contributed by atoms with E-state index in [1.165, 1.54) is 11.3 Å². The highest BCUT2D eigenvalue weighted by Gasteiger charge is 1.99. The largest absolute Gasteiger partial charge is 0.374 e. The maximum absolute atomic E-state index is 2.31. The van der Waals surface area contributed by atoms with E-state index < -0.39 is 0 Å². The normalized spacial score (nSPS) is 10.2. The Morgan fingerprint density at radius 2 is 1.47 bits per heavy atom. The zero-order valence-corrected chi connectivity index (χ0v) is 10.2. The van der Waals surface area contributed by atoms with Crippen molar-refractivity contribution >= 4 is 5.69 Å². The van der Waals surface area contributed by atoms with Gasteiger partial charge in [-0.2, -0.15) is 0 Å². The highest BCUT2D eigenvalue weighted by Crippen LogP contribution is 2.11. The van der Waals surface area contributed by atoms with Crippen molar-refractivity contribution in [3.63, 3.8) is 0 Å². The summed E-state index contributed by atoms with van der Waals surface area (Å²) in [5.74, 6) is 0. The van der Waals surface area contributed by atoms with Crippen LogP contribution < -0.4 is 4.90 Å². The zero-order valence-electron chi connectivity index (χ0n) is 10.2. The van der Waals surface area contributed by atoms with Crippen molar-refractivity contribution in [1.82, 2.24) is 0 Å². The lowest BCUT2D eigenvalue weighted by Gasteiger charge is -2.18. The summed E-state index contributed by atoms with van der Waals surface area (Å²) in [6.45, 7) is 0.971. The first-order chi connectivity index (χ1) is 8.36. The Morgan fingerprint density at radius 1 is 0.882 bits per heavy atom. The molecule has 1 radical (unpaired) electrons. The van der Waals surface area contributed by atoms with Crippen LogP contribution in [0.5, 0.6) is 0 Å². The van der Waals surface area contributed by atoms with Crippen LogP contribution in [0.4, 0.5) is 5.69 Å². The maximum Gasteiger partial charge on any atom is 0.0363 e. The molecule has 2 aromatic rings. The Hall–Kier alpha value is -1.76. The van der Waals surface area contributed by atoms with Gasteiger partial charge in [0.2, 0.25) is 0 Å². The number of hydrogen-bond donors (Lipinski definition) is 0. The van der Waals surface area contributed by atoms with Gasteiger partial charge in [0, 0.05) is 19.3 Å². The number of rotatable bonds is 5. The van der Waals surface area contributed by atoms with E-state index in [-0.39, 0.29) is 0 Å². The third-order valence-corrected chi connectivity index (χ3v) is 2.82. The Morgan fingerprint density at radius 3 is 2.12 bits per heavy atom. The fourth-order valence-electron chi connectivity index (χ4n) is 1.83. The van der Waals surface area contributed by atoms with E-state index >= 15 is 0 Å². The molecule has 0 aliphatic rings. The minimum atomic E-state index is 0.971. The van der Waals surface area contributed by atoms with E-state index in [0.717, 1.165) is 13.0 Å². The fourth-order valence-corrected chi connectivity index (χ4v) is 1.83. The molecule has 0 aliphatic carbocycles. The lowest BCUT2D eigenvalue weighted by Crippen LogP contribution is -2.19. The predicted molar refractivity (Wildman–Crippen MR) is 74.2 cm³/mol. The third kappa shape index (κ3) is 3.63. The molecule has 0 fully saturated rings. The van der Waals surface area contributed by atoms with Gasteiger partial charge in [0.1, 0.15) is 0 Å². The van der Waals surface area contributed by atoms with Gasteiger partial charge in [-0.05, 0) is 30.5 Å². The number of benzene rings is 2. The second-order valence-corrected chi connectivity index (χ2v) is 4.19. The first-order valence-corrected chi connectivity index (χ1v) is 5.98. The summed E-state index contributed by atoms with van der Waals surface area (Å²) in [5.41, 5.74) is 2.63. The Bertz CT molecular complexity index is 422. The summed E-state index contributed by atoms with van der Waals surface area (Å²) >= 11 is 0. The Kier molecular flexibility index (Phi) is 4.20. The van der Waals surface area contributed by atoms with Crippen LogP contribution in [0.25, 0.3) is 0 Å². The second kappa shape index (κ2) is 6.09. The van der Waals surface area contributed by atoms with Gasteiger partial charge >= 0.3 is 0 Å². The van der Waals surface area contributed by atoms with E-state index in [1.807, 2.05) is 6.07 Å². The third-order valence-electron chi connectivity index (χ3n) is 2.82. The first-order valence-electron chi connectivity index (χ1n) is 5.98. The highest BCUT2D eigenvalue weighted by molar-refractivity contribution is 5.45. The van der Waals surface area contributed by atoms with Crippen molar-refractivity contribution in [2.75, 3.05) is 18.5 Å². The van der Waals surface area contributed by atoms with Gasteiger partial charge in [-0.15, -0.1) is 0 Å². The first kappa shape index (κ1) is 11.7. The predicted octanol–water partition coefficient (Wildman–Crippen LogP) is 3.57. The molecule has 0 aliphatic heterocycles. The van der Waals surface area contributed by atoms with Crippen molar-refractivity contribution in [2.24, 2.45) is 0 Å².